The minimum atomic E-state index is -0.0166. The first-order valence-electron chi connectivity index (χ1n) is 8.05. The molecule has 2 aromatic heterocycles. The number of aliphatic imine (C=N–C) groups is 1. The summed E-state index contributed by atoms with van der Waals surface area (Å²) >= 11 is 7.47. The molecule has 0 unspecified atom stereocenters. The molecule has 2 N–H and O–H groups in total. The highest BCUT2D eigenvalue weighted by molar-refractivity contribution is 14.0. The van der Waals surface area contributed by atoms with E-state index in [4.69, 9.17) is 11.6 Å². The fraction of sp³-hybridized carbons (Fsp3) is 0.412. The third kappa shape index (κ3) is 6.81. The summed E-state index contributed by atoms with van der Waals surface area (Å²) in [6, 6.07) is 5.65. The van der Waals surface area contributed by atoms with Crippen LogP contribution in [0.2, 0.25) is 5.02 Å². The second kappa shape index (κ2) is 11.5. The Kier molecular flexibility index (Phi) is 10.0. The maximum atomic E-state index is 11.8. The van der Waals surface area contributed by atoms with Gasteiger partial charge in [0.05, 0.1) is 16.4 Å². The maximum Gasteiger partial charge on any atom is 0.261 e. The van der Waals surface area contributed by atoms with E-state index in [1.54, 1.807) is 7.05 Å². The molecule has 2 heterocycles. The van der Waals surface area contributed by atoms with Crippen LogP contribution in [0.15, 0.2) is 34.8 Å². The Hall–Kier alpha value is -1.26. The number of nitrogens with one attached hydrogen (secondary N) is 2. The molecule has 26 heavy (non-hydrogen) atoms. The molecule has 9 heteroatoms. The molecule has 0 aliphatic heterocycles. The zero-order valence-electron chi connectivity index (χ0n) is 15.2. The fourth-order valence-corrected chi connectivity index (χ4v) is 3.32. The van der Waals surface area contributed by atoms with E-state index in [1.807, 2.05) is 53.3 Å². The second-order valence-electron chi connectivity index (χ2n) is 5.68. The van der Waals surface area contributed by atoms with E-state index in [-0.39, 0.29) is 29.9 Å². The van der Waals surface area contributed by atoms with Crippen LogP contribution in [0, 0.1) is 0 Å². The van der Waals surface area contributed by atoms with E-state index in [0.717, 1.165) is 34.5 Å². The molecule has 0 saturated carbocycles. The number of carbonyl (C=O) groups is 1. The van der Waals surface area contributed by atoms with Gasteiger partial charge in [0, 0.05) is 46.1 Å². The van der Waals surface area contributed by atoms with Crippen LogP contribution in [-0.2, 0) is 13.6 Å². The number of hydrogen-bond donors (Lipinski definition) is 2. The number of nitrogens with zero attached hydrogens (tertiary/aromatic N) is 3. The summed E-state index contributed by atoms with van der Waals surface area (Å²) in [6.07, 6.45) is 2.71. The van der Waals surface area contributed by atoms with Crippen molar-refractivity contribution in [3.8, 4) is 0 Å². The van der Waals surface area contributed by atoms with E-state index in [0.29, 0.717) is 13.1 Å². The van der Waals surface area contributed by atoms with Crippen molar-refractivity contribution in [1.29, 1.82) is 0 Å². The molecule has 0 saturated heterocycles. The third-order valence-corrected chi connectivity index (χ3v) is 4.79. The first-order valence-corrected chi connectivity index (χ1v) is 9.31. The summed E-state index contributed by atoms with van der Waals surface area (Å²) in [4.78, 5) is 18.9. The minimum absolute atomic E-state index is 0. The van der Waals surface area contributed by atoms with Gasteiger partial charge in [-0.15, -0.1) is 35.3 Å². The molecule has 6 nitrogen and oxygen atoms in total. The maximum absolute atomic E-state index is 11.8. The summed E-state index contributed by atoms with van der Waals surface area (Å²) in [5.41, 5.74) is 1.11. The van der Waals surface area contributed by atoms with Crippen LogP contribution in [0.3, 0.4) is 0 Å². The summed E-state index contributed by atoms with van der Waals surface area (Å²) < 4.78 is 2.01. The van der Waals surface area contributed by atoms with Crippen LogP contribution < -0.4 is 10.6 Å². The van der Waals surface area contributed by atoms with Crippen molar-refractivity contribution in [3.05, 3.63) is 45.4 Å². The number of thiophene rings is 1. The van der Waals surface area contributed by atoms with Crippen LogP contribution in [0.5, 0.6) is 0 Å². The molecular formula is C17H25ClIN5OS. The lowest BCUT2D eigenvalue weighted by molar-refractivity contribution is 0.0957. The van der Waals surface area contributed by atoms with E-state index in [9.17, 15) is 4.79 Å². The van der Waals surface area contributed by atoms with Gasteiger partial charge in [-0.05, 0) is 23.9 Å². The summed E-state index contributed by atoms with van der Waals surface area (Å²) in [5, 5.41) is 8.86. The van der Waals surface area contributed by atoms with Gasteiger partial charge in [0.15, 0.2) is 5.96 Å². The highest BCUT2D eigenvalue weighted by Crippen LogP contribution is 2.14. The van der Waals surface area contributed by atoms with Crippen LogP contribution in [0.4, 0.5) is 0 Å². The highest BCUT2D eigenvalue weighted by atomic mass is 127. The standard InChI is InChI=1S/C17H24ClN5OS.HI/c1-19-17(23(3)12-14-10-13(18)11-22(14)2)21-8-5-7-20-16(24)15-6-4-9-25-15;/h4,6,9-11H,5,7-8,12H2,1-3H3,(H,19,21)(H,20,24);1H. The first-order chi connectivity index (χ1) is 12.0. The minimum Gasteiger partial charge on any atom is -0.356 e. The van der Waals surface area contributed by atoms with Crippen LogP contribution in [-0.4, -0.2) is 48.5 Å². The van der Waals surface area contributed by atoms with Crippen molar-refractivity contribution in [1.82, 2.24) is 20.1 Å². The molecule has 0 atom stereocenters. The van der Waals surface area contributed by atoms with Crippen LogP contribution in [0.1, 0.15) is 21.8 Å². The molecule has 2 rings (SSSR count). The zero-order chi connectivity index (χ0) is 18.2. The Morgan fingerprint density at radius 2 is 2.12 bits per heavy atom. The number of carbonyl (C=O) groups excluding carboxylic acids is 1. The Bertz CT molecular complexity index is 717. The van der Waals surface area contributed by atoms with E-state index in [2.05, 4.69) is 15.6 Å². The van der Waals surface area contributed by atoms with Crippen molar-refractivity contribution in [3.63, 3.8) is 0 Å². The van der Waals surface area contributed by atoms with Gasteiger partial charge in [0.2, 0.25) is 0 Å². The molecule has 0 spiro atoms. The molecule has 0 fully saturated rings. The fourth-order valence-electron chi connectivity index (χ4n) is 2.41. The van der Waals surface area contributed by atoms with Gasteiger partial charge in [-0.25, -0.2) is 0 Å². The lowest BCUT2D eigenvalue weighted by Gasteiger charge is -2.22. The molecule has 0 aromatic carbocycles. The van der Waals surface area contributed by atoms with Gasteiger partial charge in [-0.3, -0.25) is 9.79 Å². The van der Waals surface area contributed by atoms with Crippen molar-refractivity contribution >= 4 is 58.8 Å². The smallest absolute Gasteiger partial charge is 0.261 e. The van der Waals surface area contributed by atoms with Gasteiger partial charge >= 0.3 is 0 Å². The topological polar surface area (TPSA) is 61.7 Å². The average Bonchev–Trinajstić information content (AvgIpc) is 3.21. The van der Waals surface area contributed by atoms with Crippen LogP contribution >= 0.6 is 46.9 Å². The van der Waals surface area contributed by atoms with E-state index in [1.165, 1.54) is 11.3 Å². The molecule has 144 valence electrons. The molecule has 0 aliphatic rings. The van der Waals surface area contributed by atoms with E-state index >= 15 is 0 Å². The molecule has 0 radical (unpaired) electrons. The molecular weight excluding hydrogens is 485 g/mol. The molecule has 0 aliphatic carbocycles. The van der Waals surface area contributed by atoms with Gasteiger partial charge in [0.25, 0.3) is 5.91 Å². The Morgan fingerprint density at radius 1 is 1.38 bits per heavy atom. The highest BCUT2D eigenvalue weighted by Gasteiger charge is 2.10. The second-order valence-corrected chi connectivity index (χ2v) is 7.06. The number of aryl methyl sites for hydroxylation is 1. The number of amides is 1. The first kappa shape index (κ1) is 22.8. The predicted octanol–water partition coefficient (Wildman–Crippen LogP) is 3.19. The molecule has 0 bridgehead atoms. The molecule has 2 aromatic rings. The zero-order valence-corrected chi connectivity index (χ0v) is 19.1. The SMILES string of the molecule is CN=C(NCCCNC(=O)c1cccs1)N(C)Cc1cc(Cl)cn1C.I. The number of hydrogen-bond acceptors (Lipinski definition) is 3. The number of guanidine groups is 1. The van der Waals surface area contributed by atoms with Crippen molar-refractivity contribution in [2.24, 2.45) is 12.0 Å². The summed E-state index contributed by atoms with van der Waals surface area (Å²) in [5.74, 6) is 0.791. The summed E-state index contributed by atoms with van der Waals surface area (Å²) in [7, 11) is 5.71. The Morgan fingerprint density at radius 3 is 2.69 bits per heavy atom. The van der Waals surface area contributed by atoms with Crippen molar-refractivity contribution in [2.75, 3.05) is 27.2 Å². The van der Waals surface area contributed by atoms with E-state index < -0.39 is 0 Å². The van der Waals surface area contributed by atoms with Crippen LogP contribution in [0.25, 0.3) is 0 Å². The van der Waals surface area contributed by atoms with Gasteiger partial charge in [-0.2, -0.15) is 0 Å². The van der Waals surface area contributed by atoms with Gasteiger partial charge < -0.3 is 20.1 Å². The van der Waals surface area contributed by atoms with Crippen molar-refractivity contribution < 1.29 is 4.79 Å². The number of rotatable bonds is 7. The number of halogens is 2. The Balaban J connectivity index is 0.00000338. The quantitative estimate of drug-likeness (QED) is 0.261. The number of aromatic nitrogens is 1. The normalized spacial score (nSPS) is 11.0. The predicted molar refractivity (Wildman–Crippen MR) is 120 cm³/mol. The van der Waals surface area contributed by atoms with Crippen molar-refractivity contribution in [2.45, 2.75) is 13.0 Å². The lowest BCUT2D eigenvalue weighted by atomic mass is 10.3. The average molecular weight is 510 g/mol. The van der Waals surface area contributed by atoms with Gasteiger partial charge in [-0.1, -0.05) is 17.7 Å². The lowest BCUT2D eigenvalue weighted by Crippen LogP contribution is -2.40. The molecule has 1 amide bonds. The monoisotopic (exact) mass is 509 g/mol. The Labute approximate surface area is 180 Å². The summed E-state index contributed by atoms with van der Waals surface area (Å²) in [6.45, 7) is 2.06. The van der Waals surface area contributed by atoms with Gasteiger partial charge in [0.1, 0.15) is 0 Å². The third-order valence-electron chi connectivity index (χ3n) is 3.71. The largest absolute Gasteiger partial charge is 0.356 e.